The van der Waals surface area contributed by atoms with E-state index in [0.29, 0.717) is 24.0 Å². The van der Waals surface area contributed by atoms with Crippen molar-refractivity contribution in [2.24, 2.45) is 0 Å². The van der Waals surface area contributed by atoms with Gasteiger partial charge in [-0.1, -0.05) is 84.0 Å². The number of hydrogen-bond donors (Lipinski definition) is 0. The first-order chi connectivity index (χ1) is 26.3. The lowest BCUT2D eigenvalue weighted by Crippen LogP contribution is -2.30. The van der Waals surface area contributed by atoms with Gasteiger partial charge in [0.05, 0.1) is 6.61 Å². The first kappa shape index (κ1) is 57.1. The van der Waals surface area contributed by atoms with Crippen LogP contribution in [-0.2, 0) is 53.1 Å². The second-order valence-electron chi connectivity index (χ2n) is 14.3. The predicted molar refractivity (Wildman–Crippen MR) is 213 cm³/mol. The van der Waals surface area contributed by atoms with Crippen LogP contribution in [0.25, 0.3) is 6.08 Å². The molecule has 58 heavy (non-hydrogen) atoms. The molecular weight excluding hydrogens is 771 g/mol. The van der Waals surface area contributed by atoms with Crippen molar-refractivity contribution in [3.63, 3.8) is 0 Å². The minimum absolute atomic E-state index is 0.0320. The maximum absolute atomic E-state index is 12.2. The third kappa shape index (κ3) is 30.0. The fraction of sp³-hybridized carbons (Fsp3) is 0.488. The highest BCUT2D eigenvalue weighted by atomic mass is 19.4. The van der Waals surface area contributed by atoms with Gasteiger partial charge in [0, 0.05) is 35.1 Å². The molecule has 1 aromatic carbocycles. The molecule has 0 aromatic heterocycles. The normalized spacial score (nSPS) is 13.6. The molecule has 1 saturated carbocycles. The molecule has 0 heterocycles. The van der Waals surface area contributed by atoms with Crippen molar-refractivity contribution in [2.45, 2.75) is 125 Å². The number of rotatable bonds is 12. The Morgan fingerprint density at radius 2 is 1.21 bits per heavy atom. The van der Waals surface area contributed by atoms with Crippen molar-refractivity contribution in [1.82, 2.24) is 0 Å². The number of carbonyl (C=O) groups excluding carboxylic acids is 6. The lowest BCUT2D eigenvalue weighted by atomic mass is 9.87. The van der Waals surface area contributed by atoms with Crippen molar-refractivity contribution in [1.29, 1.82) is 0 Å². The number of hydrogen-bond acceptors (Lipinski definition) is 10. The van der Waals surface area contributed by atoms with E-state index in [-0.39, 0.29) is 41.3 Å². The van der Waals surface area contributed by atoms with E-state index in [0.717, 1.165) is 20.3 Å². The molecule has 0 saturated heterocycles. The Bertz CT molecular complexity index is 1590. The summed E-state index contributed by atoms with van der Waals surface area (Å²) in [5.41, 5.74) is 3.62. The van der Waals surface area contributed by atoms with Gasteiger partial charge in [0.2, 0.25) is 5.92 Å². The van der Waals surface area contributed by atoms with E-state index in [9.17, 15) is 50.7 Å². The second-order valence-corrected chi connectivity index (χ2v) is 14.3. The Labute approximate surface area is 339 Å². The first-order valence-electron chi connectivity index (χ1n) is 17.8. The topological polar surface area (TPSA) is 139 Å². The third-order valence-electron chi connectivity index (χ3n) is 6.83. The van der Waals surface area contributed by atoms with E-state index in [2.05, 4.69) is 92.1 Å². The van der Waals surface area contributed by atoms with Gasteiger partial charge in [0.1, 0.15) is 6.61 Å². The summed E-state index contributed by atoms with van der Waals surface area (Å²) in [5, 5.41) is 0. The molecule has 1 aromatic rings. The monoisotopic (exact) mass is 830 g/mol. The number of ketones is 2. The van der Waals surface area contributed by atoms with Crippen molar-refractivity contribution in [3.8, 4) is 0 Å². The van der Waals surface area contributed by atoms with Gasteiger partial charge in [-0.3, -0.25) is 9.59 Å². The van der Waals surface area contributed by atoms with Gasteiger partial charge in [-0.15, -0.1) is 0 Å². The molecule has 0 spiro atoms. The summed E-state index contributed by atoms with van der Waals surface area (Å²) in [6.45, 7) is 31.9. The zero-order chi connectivity index (χ0) is 46.2. The summed E-state index contributed by atoms with van der Waals surface area (Å²) < 4.78 is 77.5. The number of Topliss-reactive ketones (excluding diaryl/α,β-unsaturated/α-hetero) is 2. The fourth-order valence-corrected chi connectivity index (χ4v) is 3.32. The molecule has 0 radical (unpaired) electrons. The number of ether oxygens (including phenoxy) is 4. The van der Waals surface area contributed by atoms with Crippen LogP contribution in [0.1, 0.15) is 106 Å². The summed E-state index contributed by atoms with van der Waals surface area (Å²) in [6, 6.07) is 8.54. The molecule has 2 unspecified atom stereocenters. The standard InChI is InChI=1S/C12H16.C9H12O3.C8H12F2O2.C7H9F3O2.C7H10O3/c1-5-10-6-8-11(9-7-10)12(2,3)4;1-6(2)9(11)12-8-5-3-4-7(8)10;1-6(2)7(11)12-5-4-8(3,9)10;1-4(2)6(11)12-5(3)7(8,9)10;1-5(2)7(9)10-4-6(3)8/h5-9H,1H2,2-4H3;8H,1,3-5H2,2H3;1,4-5H2,2-3H3;5H,1H2,2-3H3;1,4H2,2-3H3. The smallest absolute Gasteiger partial charge is 0.425 e. The quantitative estimate of drug-likeness (QED) is 0.0866. The summed E-state index contributed by atoms with van der Waals surface area (Å²) in [4.78, 5) is 64.1. The van der Waals surface area contributed by atoms with Crippen molar-refractivity contribution < 1.29 is 69.7 Å². The zero-order valence-corrected chi connectivity index (χ0v) is 35.3. The van der Waals surface area contributed by atoms with Gasteiger partial charge in [-0.25, -0.2) is 28.0 Å². The Morgan fingerprint density at radius 1 is 0.759 bits per heavy atom. The molecule has 1 aliphatic rings. The Balaban J connectivity index is -0.000000653. The summed E-state index contributed by atoms with van der Waals surface area (Å²) >= 11 is 0. The molecule has 2 atom stereocenters. The Morgan fingerprint density at radius 3 is 1.53 bits per heavy atom. The van der Waals surface area contributed by atoms with E-state index < -0.39 is 54.6 Å². The van der Waals surface area contributed by atoms with Gasteiger partial charge in [0.15, 0.2) is 23.8 Å². The molecule has 1 aliphatic carbocycles. The molecular formula is C43H59F5O10. The van der Waals surface area contributed by atoms with Crippen molar-refractivity contribution in [2.75, 3.05) is 13.2 Å². The Hall–Kier alpha value is -5.21. The molecule has 1 fully saturated rings. The highest BCUT2D eigenvalue weighted by Crippen LogP contribution is 2.24. The number of halogens is 5. The highest BCUT2D eigenvalue weighted by Gasteiger charge is 2.39. The lowest BCUT2D eigenvalue weighted by Gasteiger charge is -2.18. The maximum Gasteiger partial charge on any atom is 0.425 e. The lowest BCUT2D eigenvalue weighted by molar-refractivity contribution is -0.213. The number of alkyl halides is 5. The van der Waals surface area contributed by atoms with E-state index in [4.69, 9.17) is 4.74 Å². The van der Waals surface area contributed by atoms with Crippen LogP contribution in [0.5, 0.6) is 0 Å². The van der Waals surface area contributed by atoms with Crippen LogP contribution in [-0.4, -0.2) is 73.0 Å². The fourth-order valence-electron chi connectivity index (χ4n) is 3.32. The summed E-state index contributed by atoms with van der Waals surface area (Å²) in [7, 11) is 0. The molecule has 0 aliphatic heterocycles. The minimum Gasteiger partial charge on any atom is -0.462 e. The molecule has 2 rings (SSSR count). The molecule has 0 N–H and O–H groups in total. The third-order valence-corrected chi connectivity index (χ3v) is 6.83. The van der Waals surface area contributed by atoms with Gasteiger partial charge in [-0.05, 0) is 77.8 Å². The molecule has 15 heteroatoms. The summed E-state index contributed by atoms with van der Waals surface area (Å²) in [5.74, 6) is -5.56. The van der Waals surface area contributed by atoms with E-state index >= 15 is 0 Å². The second kappa shape index (κ2) is 27.4. The van der Waals surface area contributed by atoms with Crippen molar-refractivity contribution in [3.05, 3.63) is 90.6 Å². The van der Waals surface area contributed by atoms with Crippen molar-refractivity contribution >= 4 is 41.5 Å². The summed E-state index contributed by atoms with van der Waals surface area (Å²) in [6.07, 6.45) is -3.65. The number of carbonyl (C=O) groups is 6. The van der Waals surface area contributed by atoms with Gasteiger partial charge in [0.25, 0.3) is 0 Å². The molecule has 10 nitrogen and oxygen atoms in total. The molecule has 0 amide bonds. The van der Waals surface area contributed by atoms with Crippen LogP contribution in [0.15, 0.2) is 79.5 Å². The minimum atomic E-state index is -4.51. The number of benzene rings is 1. The van der Waals surface area contributed by atoms with Crippen LogP contribution in [0.3, 0.4) is 0 Å². The van der Waals surface area contributed by atoms with Crippen LogP contribution >= 0.6 is 0 Å². The number of esters is 4. The zero-order valence-electron chi connectivity index (χ0n) is 35.3. The van der Waals surface area contributed by atoms with Crippen LogP contribution < -0.4 is 0 Å². The van der Waals surface area contributed by atoms with Gasteiger partial charge >= 0.3 is 30.1 Å². The average molecular weight is 831 g/mol. The molecule has 326 valence electrons. The first-order valence-corrected chi connectivity index (χ1v) is 17.8. The SMILES string of the molecule is C=C(C)C(=O)OC(C)C(F)(F)F.C=C(C)C(=O)OC1CCCC1=O.C=C(C)C(=O)OCC(C)=O.C=C(C)C(=O)OCCC(C)(F)F.C=Cc1ccc(C(C)(C)C)cc1. The van der Waals surface area contributed by atoms with Gasteiger partial charge in [-0.2, -0.15) is 13.2 Å². The molecule has 0 bridgehead atoms. The van der Waals surface area contributed by atoms with Gasteiger partial charge < -0.3 is 18.9 Å². The van der Waals surface area contributed by atoms with Crippen LogP contribution in [0, 0.1) is 0 Å². The largest absolute Gasteiger partial charge is 0.462 e. The van der Waals surface area contributed by atoms with Crippen LogP contribution in [0.4, 0.5) is 22.0 Å². The predicted octanol–water partition coefficient (Wildman–Crippen LogP) is 9.76. The highest BCUT2D eigenvalue weighted by molar-refractivity contribution is 5.92. The Kier molecular flexibility index (Phi) is 27.0. The average Bonchev–Trinajstić information content (AvgIpc) is 3.50. The van der Waals surface area contributed by atoms with E-state index in [1.165, 1.54) is 38.8 Å². The van der Waals surface area contributed by atoms with E-state index in [1.54, 1.807) is 6.92 Å². The maximum atomic E-state index is 12.2. The van der Waals surface area contributed by atoms with E-state index in [1.807, 2.05) is 6.08 Å². The van der Waals surface area contributed by atoms with Crippen LogP contribution in [0.2, 0.25) is 0 Å².